The average molecular weight is 284 g/mol. The number of methoxy groups -OCH3 is 1. The number of unbranched alkanes of at least 4 members (excludes halogenated alkanes) is 1. The van der Waals surface area contributed by atoms with Crippen LogP contribution in [-0.2, 0) is 4.74 Å². The van der Waals surface area contributed by atoms with Crippen molar-refractivity contribution in [3.05, 3.63) is 0 Å². The molecule has 2 unspecified atom stereocenters. The molecule has 0 aliphatic carbocycles. The van der Waals surface area contributed by atoms with E-state index >= 15 is 0 Å². The van der Waals surface area contributed by atoms with E-state index in [1.807, 2.05) is 0 Å². The van der Waals surface area contributed by atoms with Gasteiger partial charge in [0, 0.05) is 38.9 Å². The van der Waals surface area contributed by atoms with Gasteiger partial charge in [-0.2, -0.15) is 0 Å². The molecule has 0 aromatic heterocycles. The van der Waals surface area contributed by atoms with E-state index in [0.717, 1.165) is 19.1 Å². The van der Waals surface area contributed by atoms with E-state index in [2.05, 4.69) is 44.8 Å². The zero-order valence-corrected chi connectivity index (χ0v) is 14.5. The van der Waals surface area contributed by atoms with Crippen molar-refractivity contribution in [2.45, 2.75) is 66.0 Å². The van der Waals surface area contributed by atoms with Crippen LogP contribution in [0.1, 0.15) is 53.9 Å². The molecule has 1 rings (SSSR count). The summed E-state index contributed by atoms with van der Waals surface area (Å²) in [7, 11) is 1.79. The molecule has 3 nitrogen and oxygen atoms in total. The summed E-state index contributed by atoms with van der Waals surface area (Å²) in [5.74, 6) is 0.773. The first-order chi connectivity index (χ1) is 9.34. The van der Waals surface area contributed by atoms with Crippen LogP contribution in [0.4, 0.5) is 0 Å². The summed E-state index contributed by atoms with van der Waals surface area (Å²) >= 11 is 0. The number of rotatable bonds is 7. The predicted octanol–water partition coefficient (Wildman–Crippen LogP) is 3.15. The molecule has 0 amide bonds. The van der Waals surface area contributed by atoms with E-state index in [1.165, 1.54) is 32.4 Å². The zero-order chi connectivity index (χ0) is 15.2. The smallest absolute Gasteiger partial charge is 0.0462 e. The Bertz CT molecular complexity index is 260. The largest absolute Gasteiger partial charge is 0.385 e. The summed E-state index contributed by atoms with van der Waals surface area (Å²) in [6.07, 6.45) is 3.72. The molecule has 0 spiro atoms. The lowest BCUT2D eigenvalue weighted by molar-refractivity contribution is 0.0714. The van der Waals surface area contributed by atoms with E-state index in [0.29, 0.717) is 17.5 Å². The van der Waals surface area contributed by atoms with Crippen LogP contribution in [-0.4, -0.2) is 50.3 Å². The van der Waals surface area contributed by atoms with Gasteiger partial charge in [0.1, 0.15) is 0 Å². The van der Waals surface area contributed by atoms with Gasteiger partial charge < -0.3 is 10.1 Å². The Labute approximate surface area is 126 Å². The number of nitrogens with one attached hydrogen (secondary N) is 1. The minimum atomic E-state index is 0.341. The molecule has 1 fully saturated rings. The molecular formula is C17H36N2O. The monoisotopic (exact) mass is 284 g/mol. The van der Waals surface area contributed by atoms with E-state index < -0.39 is 0 Å². The van der Waals surface area contributed by atoms with Crippen LogP contribution in [0.3, 0.4) is 0 Å². The zero-order valence-electron chi connectivity index (χ0n) is 14.5. The lowest BCUT2D eigenvalue weighted by atomic mass is 9.84. The Balaban J connectivity index is 2.53. The number of ether oxygens (including phenoxy) is 1. The maximum atomic E-state index is 5.17. The SMILES string of the molecule is COCCCCN1CC(C(C)(C)C)NCC1CC(C)C. The number of nitrogens with zero attached hydrogens (tertiary/aromatic N) is 1. The molecule has 120 valence electrons. The highest BCUT2D eigenvalue weighted by atomic mass is 16.5. The van der Waals surface area contributed by atoms with E-state index in [-0.39, 0.29) is 0 Å². The van der Waals surface area contributed by atoms with Crippen molar-refractivity contribution in [3.63, 3.8) is 0 Å². The van der Waals surface area contributed by atoms with Crippen LogP contribution in [0.2, 0.25) is 0 Å². The Kier molecular flexibility index (Phi) is 7.49. The number of hydrogen-bond donors (Lipinski definition) is 1. The summed E-state index contributed by atoms with van der Waals surface area (Å²) in [5, 5.41) is 3.78. The van der Waals surface area contributed by atoms with E-state index in [9.17, 15) is 0 Å². The van der Waals surface area contributed by atoms with Crippen molar-refractivity contribution in [2.75, 3.05) is 33.4 Å². The van der Waals surface area contributed by atoms with Gasteiger partial charge in [-0.15, -0.1) is 0 Å². The van der Waals surface area contributed by atoms with Crippen molar-refractivity contribution < 1.29 is 4.74 Å². The first kappa shape index (κ1) is 17.9. The number of piperazine rings is 1. The molecule has 0 radical (unpaired) electrons. The molecule has 1 heterocycles. The third-order valence-corrected chi connectivity index (χ3v) is 4.37. The molecule has 0 bridgehead atoms. The van der Waals surface area contributed by atoms with Gasteiger partial charge >= 0.3 is 0 Å². The first-order valence-electron chi connectivity index (χ1n) is 8.31. The van der Waals surface area contributed by atoms with Crippen molar-refractivity contribution in [2.24, 2.45) is 11.3 Å². The van der Waals surface area contributed by atoms with Crippen LogP contribution in [0, 0.1) is 11.3 Å². The minimum absolute atomic E-state index is 0.341. The van der Waals surface area contributed by atoms with Crippen LogP contribution in [0.15, 0.2) is 0 Å². The molecule has 2 atom stereocenters. The molecule has 0 saturated carbocycles. The summed E-state index contributed by atoms with van der Waals surface area (Å²) in [5.41, 5.74) is 0.341. The topological polar surface area (TPSA) is 24.5 Å². The van der Waals surface area contributed by atoms with Crippen LogP contribution >= 0.6 is 0 Å². The molecule has 0 aromatic carbocycles. The van der Waals surface area contributed by atoms with Gasteiger partial charge in [0.15, 0.2) is 0 Å². The third kappa shape index (κ3) is 6.11. The van der Waals surface area contributed by atoms with Gasteiger partial charge in [0.25, 0.3) is 0 Å². The van der Waals surface area contributed by atoms with E-state index in [4.69, 9.17) is 4.74 Å². The standard InChI is InChI=1S/C17H36N2O/c1-14(2)11-15-12-18-16(17(3,4)5)13-19(15)9-7-8-10-20-6/h14-16,18H,7-13H2,1-6H3. The van der Waals surface area contributed by atoms with Gasteiger partial charge in [-0.25, -0.2) is 0 Å². The fourth-order valence-electron chi connectivity index (χ4n) is 3.05. The maximum Gasteiger partial charge on any atom is 0.0462 e. The van der Waals surface area contributed by atoms with Gasteiger partial charge in [-0.1, -0.05) is 34.6 Å². The first-order valence-corrected chi connectivity index (χ1v) is 8.31. The van der Waals surface area contributed by atoms with Gasteiger partial charge in [-0.05, 0) is 37.1 Å². The highest BCUT2D eigenvalue weighted by molar-refractivity contribution is 4.92. The molecular weight excluding hydrogens is 248 g/mol. The Hall–Kier alpha value is -0.120. The van der Waals surface area contributed by atoms with Gasteiger partial charge in [0.2, 0.25) is 0 Å². The normalized spacial score (nSPS) is 25.4. The lowest BCUT2D eigenvalue weighted by Crippen LogP contribution is -2.60. The van der Waals surface area contributed by atoms with Gasteiger partial charge in [0.05, 0.1) is 0 Å². The van der Waals surface area contributed by atoms with Crippen molar-refractivity contribution in [1.82, 2.24) is 10.2 Å². The fourth-order valence-corrected chi connectivity index (χ4v) is 3.05. The second-order valence-corrected chi connectivity index (χ2v) is 7.81. The molecule has 1 N–H and O–H groups in total. The van der Waals surface area contributed by atoms with Crippen LogP contribution in [0.25, 0.3) is 0 Å². The number of hydrogen-bond acceptors (Lipinski definition) is 3. The highest BCUT2D eigenvalue weighted by Gasteiger charge is 2.33. The highest BCUT2D eigenvalue weighted by Crippen LogP contribution is 2.25. The quantitative estimate of drug-likeness (QED) is 0.727. The Morgan fingerprint density at radius 2 is 1.95 bits per heavy atom. The van der Waals surface area contributed by atoms with Crippen LogP contribution in [0.5, 0.6) is 0 Å². The molecule has 1 saturated heterocycles. The molecule has 1 aliphatic rings. The predicted molar refractivity (Wildman–Crippen MR) is 87.2 cm³/mol. The van der Waals surface area contributed by atoms with Gasteiger partial charge in [-0.3, -0.25) is 4.90 Å². The molecule has 3 heteroatoms. The second-order valence-electron chi connectivity index (χ2n) is 7.81. The average Bonchev–Trinajstić information content (AvgIpc) is 2.34. The van der Waals surface area contributed by atoms with Crippen molar-refractivity contribution >= 4 is 0 Å². The maximum absolute atomic E-state index is 5.17. The lowest BCUT2D eigenvalue weighted by Gasteiger charge is -2.45. The molecule has 1 aliphatic heterocycles. The second kappa shape index (κ2) is 8.35. The summed E-state index contributed by atoms with van der Waals surface area (Å²) in [6.45, 7) is 16.1. The summed E-state index contributed by atoms with van der Waals surface area (Å²) in [6, 6.07) is 1.31. The minimum Gasteiger partial charge on any atom is -0.385 e. The van der Waals surface area contributed by atoms with Crippen molar-refractivity contribution in [1.29, 1.82) is 0 Å². The third-order valence-electron chi connectivity index (χ3n) is 4.37. The molecule has 0 aromatic rings. The summed E-state index contributed by atoms with van der Waals surface area (Å²) < 4.78 is 5.17. The Morgan fingerprint density at radius 1 is 1.25 bits per heavy atom. The van der Waals surface area contributed by atoms with Crippen molar-refractivity contribution in [3.8, 4) is 0 Å². The Morgan fingerprint density at radius 3 is 2.50 bits per heavy atom. The van der Waals surface area contributed by atoms with E-state index in [1.54, 1.807) is 7.11 Å². The molecule has 20 heavy (non-hydrogen) atoms. The summed E-state index contributed by atoms with van der Waals surface area (Å²) in [4.78, 5) is 2.72. The van der Waals surface area contributed by atoms with Crippen LogP contribution < -0.4 is 5.32 Å². The fraction of sp³-hybridized carbons (Fsp3) is 1.00.